The van der Waals surface area contributed by atoms with E-state index < -0.39 is 0 Å². The van der Waals surface area contributed by atoms with Gasteiger partial charge in [0.2, 0.25) is 0 Å². The Balaban J connectivity index is 1.89. The smallest absolute Gasteiger partial charge is 0.106 e. The van der Waals surface area contributed by atoms with E-state index in [4.69, 9.17) is 4.74 Å². The number of nitrogens with zero attached hydrogens (tertiary/aromatic N) is 1. The Labute approximate surface area is 105 Å². The van der Waals surface area contributed by atoms with Crippen molar-refractivity contribution >= 4 is 21.6 Å². The molecule has 0 bridgehead atoms. The van der Waals surface area contributed by atoms with Crippen molar-refractivity contribution < 1.29 is 4.74 Å². The van der Waals surface area contributed by atoms with Gasteiger partial charge in [-0.25, -0.2) is 4.98 Å². The fourth-order valence-electron chi connectivity index (χ4n) is 1.00. The minimum atomic E-state index is 0.661. The zero-order chi connectivity index (χ0) is 11.5. The second-order valence-corrected chi connectivity index (χ2v) is 5.50. The Hall–Kier alpha value is -0.230. The molecule has 16 heavy (non-hydrogen) atoms. The van der Waals surface area contributed by atoms with Crippen LogP contribution in [-0.2, 0) is 4.74 Å². The minimum absolute atomic E-state index is 0.661. The molecule has 90 valence electrons. The highest BCUT2D eigenvalue weighted by Crippen LogP contribution is 2.28. The number of ether oxygens (including phenoxy) is 1. The first-order chi connectivity index (χ1) is 7.93. The highest BCUT2D eigenvalue weighted by atomic mass is 33.1. The number of nitrogens with one attached hydrogen (secondary N) is 1. The van der Waals surface area contributed by atoms with E-state index in [-0.39, 0.29) is 0 Å². The molecule has 1 rings (SSSR count). The molecular formula is C11H18N2OS2. The van der Waals surface area contributed by atoms with Gasteiger partial charge in [0.15, 0.2) is 0 Å². The van der Waals surface area contributed by atoms with Gasteiger partial charge < -0.3 is 4.74 Å². The third-order valence-electron chi connectivity index (χ3n) is 1.77. The zero-order valence-electron chi connectivity index (χ0n) is 9.52. The maximum atomic E-state index is 5.18. The largest absolute Gasteiger partial charge is 0.367 e. The summed E-state index contributed by atoms with van der Waals surface area (Å²) in [6, 6.07) is 5.98. The number of hydrogen-bond acceptors (Lipinski definition) is 5. The topological polar surface area (TPSA) is 34.1 Å². The van der Waals surface area contributed by atoms with Crippen LogP contribution in [0.5, 0.6) is 0 Å². The van der Waals surface area contributed by atoms with Crippen LogP contribution in [0.2, 0.25) is 0 Å². The van der Waals surface area contributed by atoms with Crippen molar-refractivity contribution in [3.05, 3.63) is 24.4 Å². The summed E-state index contributed by atoms with van der Waals surface area (Å²) in [7, 11) is 3.58. The molecule has 0 atom stereocenters. The fourth-order valence-corrected chi connectivity index (χ4v) is 2.97. The molecule has 1 aromatic rings. The maximum absolute atomic E-state index is 5.18. The Morgan fingerprint density at radius 1 is 1.44 bits per heavy atom. The lowest BCUT2D eigenvalue weighted by molar-refractivity contribution is 0.129. The van der Waals surface area contributed by atoms with Crippen molar-refractivity contribution in [1.29, 1.82) is 0 Å². The van der Waals surface area contributed by atoms with E-state index >= 15 is 0 Å². The molecule has 0 aliphatic carbocycles. The summed E-state index contributed by atoms with van der Waals surface area (Å²) >= 11 is 0. The van der Waals surface area contributed by atoms with Gasteiger partial charge in [0.25, 0.3) is 0 Å². The summed E-state index contributed by atoms with van der Waals surface area (Å²) in [5.41, 5.74) is 0. The predicted molar refractivity (Wildman–Crippen MR) is 71.7 cm³/mol. The van der Waals surface area contributed by atoms with Gasteiger partial charge in [0, 0.05) is 18.6 Å². The number of rotatable bonds is 9. The molecule has 1 N–H and O–H groups in total. The lowest BCUT2D eigenvalue weighted by atomic mass is 10.5. The Morgan fingerprint density at radius 3 is 3.12 bits per heavy atom. The van der Waals surface area contributed by atoms with E-state index in [9.17, 15) is 0 Å². The van der Waals surface area contributed by atoms with E-state index in [0.29, 0.717) is 6.73 Å². The van der Waals surface area contributed by atoms with Crippen LogP contribution in [0.1, 0.15) is 13.3 Å². The standard InChI is InChI=1S/C11H18N2OS2/c1-2-14-10-12-7-5-9-15-16-11-6-3-4-8-13-11/h3-4,6,8,12H,2,5,7,9-10H2,1H3. The van der Waals surface area contributed by atoms with Crippen molar-refractivity contribution in [3.8, 4) is 0 Å². The average Bonchev–Trinajstić information content (AvgIpc) is 2.34. The number of hydrogen-bond donors (Lipinski definition) is 1. The molecule has 0 saturated heterocycles. The van der Waals surface area contributed by atoms with E-state index in [2.05, 4.69) is 10.3 Å². The quantitative estimate of drug-likeness (QED) is 0.418. The van der Waals surface area contributed by atoms with Gasteiger partial charge in [-0.05, 0) is 42.8 Å². The van der Waals surface area contributed by atoms with Crippen molar-refractivity contribution in [2.75, 3.05) is 25.6 Å². The van der Waals surface area contributed by atoms with Gasteiger partial charge in [0.05, 0.1) is 6.73 Å². The molecule has 0 aliphatic heterocycles. The van der Waals surface area contributed by atoms with Crippen molar-refractivity contribution in [2.24, 2.45) is 0 Å². The molecule has 0 aromatic carbocycles. The van der Waals surface area contributed by atoms with E-state index in [1.54, 1.807) is 10.8 Å². The van der Waals surface area contributed by atoms with Crippen LogP contribution in [0.15, 0.2) is 29.4 Å². The average molecular weight is 258 g/mol. The highest BCUT2D eigenvalue weighted by molar-refractivity contribution is 8.76. The summed E-state index contributed by atoms with van der Waals surface area (Å²) in [5.74, 6) is 1.13. The molecule has 3 nitrogen and oxygen atoms in total. The molecule has 0 unspecified atom stereocenters. The van der Waals surface area contributed by atoms with Gasteiger partial charge in [-0.1, -0.05) is 16.9 Å². The third kappa shape index (κ3) is 7.11. The van der Waals surface area contributed by atoms with Crippen LogP contribution in [0, 0.1) is 0 Å². The van der Waals surface area contributed by atoms with Gasteiger partial charge in [0.1, 0.15) is 5.03 Å². The van der Waals surface area contributed by atoms with Crippen LogP contribution in [0.4, 0.5) is 0 Å². The summed E-state index contributed by atoms with van der Waals surface area (Å²) in [4.78, 5) is 4.24. The first-order valence-corrected chi connectivity index (χ1v) is 7.74. The van der Waals surface area contributed by atoms with Crippen LogP contribution in [0.3, 0.4) is 0 Å². The maximum Gasteiger partial charge on any atom is 0.106 e. The molecule has 0 saturated carbocycles. The molecule has 0 spiro atoms. The zero-order valence-corrected chi connectivity index (χ0v) is 11.1. The monoisotopic (exact) mass is 258 g/mol. The van der Waals surface area contributed by atoms with Gasteiger partial charge in [-0.2, -0.15) is 0 Å². The van der Waals surface area contributed by atoms with Gasteiger partial charge in [-0.15, -0.1) is 0 Å². The molecule has 1 heterocycles. The molecule has 0 amide bonds. The Kier molecular flexibility index (Phi) is 8.61. The normalized spacial score (nSPS) is 10.6. The van der Waals surface area contributed by atoms with Crippen LogP contribution >= 0.6 is 21.6 Å². The molecule has 0 fully saturated rings. The van der Waals surface area contributed by atoms with E-state index in [1.807, 2.05) is 42.1 Å². The van der Waals surface area contributed by atoms with Gasteiger partial charge >= 0.3 is 0 Å². The molecule has 0 aliphatic rings. The minimum Gasteiger partial charge on any atom is -0.367 e. The van der Waals surface area contributed by atoms with Crippen molar-refractivity contribution in [1.82, 2.24) is 10.3 Å². The predicted octanol–water partition coefficient (Wildman–Crippen LogP) is 2.80. The fraction of sp³-hybridized carbons (Fsp3) is 0.545. The lowest BCUT2D eigenvalue weighted by Gasteiger charge is -2.03. The summed E-state index contributed by atoms with van der Waals surface area (Å²) in [5, 5.41) is 4.30. The summed E-state index contributed by atoms with van der Waals surface area (Å²) < 4.78 is 5.18. The molecule has 0 radical (unpaired) electrons. The summed E-state index contributed by atoms with van der Waals surface area (Å²) in [6.45, 7) is 4.45. The second-order valence-electron chi connectivity index (χ2n) is 3.06. The highest BCUT2D eigenvalue weighted by Gasteiger charge is 1.94. The van der Waals surface area contributed by atoms with Crippen molar-refractivity contribution in [2.45, 2.75) is 18.4 Å². The molecular weight excluding hydrogens is 240 g/mol. The SMILES string of the molecule is CCOCNCCCSSc1ccccn1. The summed E-state index contributed by atoms with van der Waals surface area (Å²) in [6.07, 6.45) is 2.98. The second kappa shape index (κ2) is 9.96. The Bertz CT molecular complexity index is 259. The van der Waals surface area contributed by atoms with Crippen LogP contribution in [-0.4, -0.2) is 30.6 Å². The van der Waals surface area contributed by atoms with Crippen LogP contribution in [0.25, 0.3) is 0 Å². The third-order valence-corrected chi connectivity index (χ3v) is 4.12. The number of pyridine rings is 1. The first-order valence-electron chi connectivity index (χ1n) is 5.42. The molecule has 5 heteroatoms. The van der Waals surface area contributed by atoms with E-state index in [0.717, 1.165) is 30.4 Å². The van der Waals surface area contributed by atoms with Gasteiger partial charge in [-0.3, -0.25) is 5.32 Å². The Morgan fingerprint density at radius 2 is 2.38 bits per heavy atom. The van der Waals surface area contributed by atoms with Crippen LogP contribution < -0.4 is 5.32 Å². The van der Waals surface area contributed by atoms with Crippen molar-refractivity contribution in [3.63, 3.8) is 0 Å². The van der Waals surface area contributed by atoms with E-state index in [1.165, 1.54) is 0 Å². The molecule has 1 aromatic heterocycles. The lowest BCUT2D eigenvalue weighted by Crippen LogP contribution is -2.19. The number of aromatic nitrogens is 1. The first kappa shape index (κ1) is 13.8.